The van der Waals surface area contributed by atoms with Crippen molar-refractivity contribution >= 4 is 11.5 Å². The summed E-state index contributed by atoms with van der Waals surface area (Å²) in [6.07, 6.45) is 4.05. The zero-order valence-electron chi connectivity index (χ0n) is 10.6. The largest absolute Gasteiger partial charge is 0.349 e. The Bertz CT molecular complexity index is 617. The van der Waals surface area contributed by atoms with Crippen LogP contribution >= 0.6 is 0 Å². The summed E-state index contributed by atoms with van der Waals surface area (Å²) >= 11 is 0. The molecule has 2 aromatic rings. The van der Waals surface area contributed by atoms with Crippen LogP contribution in [0.3, 0.4) is 0 Å². The minimum atomic E-state index is -0.412. The summed E-state index contributed by atoms with van der Waals surface area (Å²) in [5.41, 5.74) is 1.59. The third-order valence-corrected chi connectivity index (χ3v) is 2.88. The van der Waals surface area contributed by atoms with Gasteiger partial charge in [0.15, 0.2) is 5.78 Å². The number of aromatic nitrogens is 1. The van der Waals surface area contributed by atoms with Crippen molar-refractivity contribution in [3.8, 4) is 0 Å². The molecule has 0 saturated carbocycles. The van der Waals surface area contributed by atoms with Gasteiger partial charge in [0.05, 0.1) is 4.92 Å². The molecule has 2 rings (SSSR count). The van der Waals surface area contributed by atoms with Crippen LogP contribution in [-0.4, -0.2) is 15.3 Å². The molecule has 1 aromatic carbocycles. The summed E-state index contributed by atoms with van der Waals surface area (Å²) in [7, 11) is 0. The Balaban J connectivity index is 2.17. The maximum absolute atomic E-state index is 11.5. The van der Waals surface area contributed by atoms with Gasteiger partial charge in [-0.05, 0) is 11.6 Å². The molecule has 0 aliphatic heterocycles. The predicted octanol–water partition coefficient (Wildman–Crippen LogP) is 3.04. The van der Waals surface area contributed by atoms with E-state index in [2.05, 4.69) is 0 Å². The maximum Gasteiger partial charge on any atom is 0.269 e. The van der Waals surface area contributed by atoms with E-state index < -0.39 is 4.92 Å². The van der Waals surface area contributed by atoms with Gasteiger partial charge in [-0.2, -0.15) is 0 Å². The number of non-ortho nitro benzene ring substituents is 1. The number of benzene rings is 1. The molecule has 0 saturated heterocycles. The third kappa shape index (κ3) is 3.07. The Morgan fingerprint density at radius 1 is 1.37 bits per heavy atom. The van der Waals surface area contributed by atoms with Crippen molar-refractivity contribution in [1.29, 1.82) is 0 Å². The van der Waals surface area contributed by atoms with E-state index in [1.165, 1.54) is 6.07 Å². The molecule has 0 unspecified atom stereocenters. The molecule has 0 N–H and O–H groups in total. The van der Waals surface area contributed by atoms with Crippen molar-refractivity contribution < 1.29 is 9.72 Å². The molecule has 1 aromatic heterocycles. The molecule has 98 valence electrons. The van der Waals surface area contributed by atoms with Gasteiger partial charge >= 0.3 is 0 Å². The molecule has 0 aliphatic carbocycles. The number of nitro groups is 1. The molecule has 19 heavy (non-hydrogen) atoms. The lowest BCUT2D eigenvalue weighted by atomic mass is 10.2. The van der Waals surface area contributed by atoms with E-state index in [-0.39, 0.29) is 11.5 Å². The number of hydrogen-bond donors (Lipinski definition) is 0. The number of rotatable bonds is 5. The zero-order chi connectivity index (χ0) is 13.8. The van der Waals surface area contributed by atoms with Crippen LogP contribution in [0.1, 0.15) is 29.3 Å². The van der Waals surface area contributed by atoms with Gasteiger partial charge in [-0.15, -0.1) is 0 Å². The van der Waals surface area contributed by atoms with Gasteiger partial charge in [-0.1, -0.05) is 19.1 Å². The number of carbonyl (C=O) groups is 1. The van der Waals surface area contributed by atoms with E-state index >= 15 is 0 Å². The van der Waals surface area contributed by atoms with Gasteiger partial charge in [0.25, 0.3) is 5.69 Å². The normalized spacial score (nSPS) is 10.4. The molecule has 0 bridgehead atoms. The van der Waals surface area contributed by atoms with Crippen LogP contribution in [0.15, 0.2) is 42.7 Å². The Morgan fingerprint density at radius 3 is 2.84 bits per heavy atom. The summed E-state index contributed by atoms with van der Waals surface area (Å²) in [6.45, 7) is 2.33. The minimum absolute atomic E-state index is 0.0783. The predicted molar refractivity (Wildman–Crippen MR) is 71.3 cm³/mol. The van der Waals surface area contributed by atoms with Gasteiger partial charge in [0.1, 0.15) is 0 Å². The summed E-state index contributed by atoms with van der Waals surface area (Å²) in [5.74, 6) is 0.0952. The first-order valence-corrected chi connectivity index (χ1v) is 6.02. The average molecular weight is 258 g/mol. The van der Waals surface area contributed by atoms with Crippen molar-refractivity contribution in [2.24, 2.45) is 0 Å². The van der Waals surface area contributed by atoms with Gasteiger partial charge in [-0.3, -0.25) is 14.9 Å². The minimum Gasteiger partial charge on any atom is -0.349 e. The van der Waals surface area contributed by atoms with Crippen LogP contribution in [0.4, 0.5) is 5.69 Å². The van der Waals surface area contributed by atoms with Crippen molar-refractivity contribution in [3.05, 3.63) is 64.0 Å². The van der Waals surface area contributed by atoms with E-state index in [0.717, 1.165) is 5.56 Å². The summed E-state index contributed by atoms with van der Waals surface area (Å²) in [6, 6.07) is 8.26. The summed E-state index contributed by atoms with van der Waals surface area (Å²) < 4.78 is 1.85. The van der Waals surface area contributed by atoms with Crippen molar-refractivity contribution in [2.45, 2.75) is 19.9 Å². The highest BCUT2D eigenvalue weighted by Crippen LogP contribution is 2.15. The molecule has 5 nitrogen and oxygen atoms in total. The molecular formula is C14H14N2O3. The monoisotopic (exact) mass is 258 g/mol. The SMILES string of the molecule is CCC(=O)c1ccn(Cc2cccc([N+](=O)[O-])c2)c1. The fraction of sp³-hybridized carbons (Fsp3) is 0.214. The first kappa shape index (κ1) is 13.0. The topological polar surface area (TPSA) is 65.1 Å². The van der Waals surface area contributed by atoms with Crippen LogP contribution in [0, 0.1) is 10.1 Å². The summed E-state index contributed by atoms with van der Waals surface area (Å²) in [5, 5.41) is 10.7. The standard InChI is InChI=1S/C14H14N2O3/c1-2-14(17)12-6-7-15(10-12)9-11-4-3-5-13(8-11)16(18)19/h3-8,10H,2,9H2,1H3. The average Bonchev–Trinajstić information content (AvgIpc) is 2.86. The van der Waals surface area contributed by atoms with Crippen LogP contribution < -0.4 is 0 Å². The number of Topliss-reactive ketones (excluding diaryl/α,β-unsaturated/α-hetero) is 1. The molecule has 0 atom stereocenters. The zero-order valence-corrected chi connectivity index (χ0v) is 10.6. The Kier molecular flexibility index (Phi) is 3.75. The lowest BCUT2D eigenvalue weighted by Gasteiger charge is -2.03. The smallest absolute Gasteiger partial charge is 0.269 e. The van der Waals surface area contributed by atoms with E-state index in [1.807, 2.05) is 23.8 Å². The fourth-order valence-corrected chi connectivity index (χ4v) is 1.89. The van der Waals surface area contributed by atoms with Crippen molar-refractivity contribution in [1.82, 2.24) is 4.57 Å². The number of hydrogen-bond acceptors (Lipinski definition) is 3. The highest BCUT2D eigenvalue weighted by Gasteiger charge is 2.08. The molecule has 0 radical (unpaired) electrons. The number of nitrogens with zero attached hydrogens (tertiary/aromatic N) is 2. The first-order chi connectivity index (χ1) is 9.10. The molecular weight excluding hydrogens is 244 g/mol. The second-order valence-corrected chi connectivity index (χ2v) is 4.28. The molecule has 1 heterocycles. The van der Waals surface area contributed by atoms with Crippen LogP contribution in [0.5, 0.6) is 0 Å². The van der Waals surface area contributed by atoms with E-state index in [9.17, 15) is 14.9 Å². The van der Waals surface area contributed by atoms with Crippen molar-refractivity contribution in [3.63, 3.8) is 0 Å². The Morgan fingerprint density at radius 2 is 2.16 bits per heavy atom. The van der Waals surface area contributed by atoms with Gasteiger partial charge in [0.2, 0.25) is 0 Å². The number of nitro benzene ring substituents is 1. The number of carbonyl (C=O) groups excluding carboxylic acids is 1. The fourth-order valence-electron chi connectivity index (χ4n) is 1.89. The van der Waals surface area contributed by atoms with Gasteiger partial charge < -0.3 is 4.57 Å². The van der Waals surface area contributed by atoms with Gasteiger partial charge in [0, 0.05) is 43.1 Å². The summed E-state index contributed by atoms with van der Waals surface area (Å²) in [4.78, 5) is 21.8. The van der Waals surface area contributed by atoms with Crippen LogP contribution in [-0.2, 0) is 6.54 Å². The van der Waals surface area contributed by atoms with Crippen LogP contribution in [0.2, 0.25) is 0 Å². The van der Waals surface area contributed by atoms with E-state index in [0.29, 0.717) is 18.5 Å². The van der Waals surface area contributed by atoms with E-state index in [4.69, 9.17) is 0 Å². The quantitative estimate of drug-likeness (QED) is 0.470. The molecule has 0 fully saturated rings. The molecule has 0 amide bonds. The van der Waals surface area contributed by atoms with E-state index in [1.54, 1.807) is 24.4 Å². The van der Waals surface area contributed by atoms with Gasteiger partial charge in [-0.25, -0.2) is 0 Å². The lowest BCUT2D eigenvalue weighted by molar-refractivity contribution is -0.384. The van der Waals surface area contributed by atoms with Crippen LogP contribution in [0.25, 0.3) is 0 Å². The lowest BCUT2D eigenvalue weighted by Crippen LogP contribution is -1.99. The number of ketones is 1. The highest BCUT2D eigenvalue weighted by atomic mass is 16.6. The Labute approximate surface area is 110 Å². The molecule has 0 spiro atoms. The third-order valence-electron chi connectivity index (χ3n) is 2.88. The maximum atomic E-state index is 11.5. The highest BCUT2D eigenvalue weighted by molar-refractivity contribution is 5.95. The van der Waals surface area contributed by atoms with Crippen molar-refractivity contribution in [2.75, 3.05) is 0 Å². The molecule has 0 aliphatic rings. The Hall–Kier alpha value is -2.43. The second-order valence-electron chi connectivity index (χ2n) is 4.28. The first-order valence-electron chi connectivity index (χ1n) is 6.02. The molecule has 5 heteroatoms. The second kappa shape index (κ2) is 5.48.